The van der Waals surface area contributed by atoms with Gasteiger partial charge in [-0.3, -0.25) is 0 Å². The van der Waals surface area contributed by atoms with Gasteiger partial charge < -0.3 is 15.1 Å². The van der Waals surface area contributed by atoms with Crippen molar-refractivity contribution in [3.8, 4) is 0 Å². The number of hydrogen-bond donors (Lipinski definition) is 2. The van der Waals surface area contributed by atoms with Crippen molar-refractivity contribution in [2.45, 2.75) is 31.5 Å². The van der Waals surface area contributed by atoms with Crippen molar-refractivity contribution in [2.24, 2.45) is 0 Å². The maximum absolute atomic E-state index is 9.54. The number of aryl methyl sites for hydroxylation is 1. The lowest BCUT2D eigenvalue weighted by Gasteiger charge is -2.19. The van der Waals surface area contributed by atoms with Gasteiger partial charge in [0, 0.05) is 24.3 Å². The number of aromatic nitrogens is 2. The van der Waals surface area contributed by atoms with Gasteiger partial charge in [0.1, 0.15) is 12.1 Å². The fraction of sp³-hybridized carbons (Fsp3) is 0.636. The van der Waals surface area contributed by atoms with E-state index in [9.17, 15) is 10.2 Å². The lowest BCUT2D eigenvalue weighted by atomic mass is 10.2. The smallest absolute Gasteiger partial charge is 0.135 e. The number of rotatable bonds is 1. The second-order valence-electron chi connectivity index (χ2n) is 4.52. The first kappa shape index (κ1) is 9.99. The van der Waals surface area contributed by atoms with Gasteiger partial charge in [-0.15, -0.1) is 0 Å². The molecule has 2 atom stereocenters. The highest BCUT2D eigenvalue weighted by molar-refractivity contribution is 5.51. The molecule has 3 rings (SSSR count). The van der Waals surface area contributed by atoms with Crippen LogP contribution in [0, 0.1) is 0 Å². The highest BCUT2D eigenvalue weighted by Gasteiger charge is 2.32. The van der Waals surface area contributed by atoms with E-state index in [1.54, 1.807) is 6.33 Å². The normalized spacial score (nSPS) is 28.5. The molecule has 0 radical (unpaired) electrons. The molecular weight excluding hydrogens is 206 g/mol. The maximum Gasteiger partial charge on any atom is 0.135 e. The van der Waals surface area contributed by atoms with Crippen LogP contribution in [-0.4, -0.2) is 45.5 Å². The molecule has 0 bridgehead atoms. The number of anilines is 1. The molecular formula is C11H15N3O2. The summed E-state index contributed by atoms with van der Waals surface area (Å²) in [4.78, 5) is 10.5. The second kappa shape index (κ2) is 3.68. The van der Waals surface area contributed by atoms with Crippen LogP contribution < -0.4 is 4.90 Å². The van der Waals surface area contributed by atoms with E-state index in [2.05, 4.69) is 9.97 Å². The summed E-state index contributed by atoms with van der Waals surface area (Å²) in [6.45, 7) is 0.926. The molecule has 2 aliphatic rings. The summed E-state index contributed by atoms with van der Waals surface area (Å²) in [6, 6.07) is 0. The number of β-amino-alcohol motifs (C(OH)–C–C–N with tert-alkyl or cyclic N) is 2. The number of nitrogens with zero attached hydrogens (tertiary/aromatic N) is 3. The zero-order valence-corrected chi connectivity index (χ0v) is 9.00. The average molecular weight is 221 g/mol. The minimum Gasteiger partial charge on any atom is -0.389 e. The molecule has 1 aliphatic heterocycles. The molecule has 0 saturated carbocycles. The van der Waals surface area contributed by atoms with E-state index in [0.29, 0.717) is 13.1 Å². The Hall–Kier alpha value is -1.20. The molecule has 86 valence electrons. The molecule has 2 N–H and O–H groups in total. The largest absolute Gasteiger partial charge is 0.389 e. The first-order chi connectivity index (χ1) is 7.75. The molecule has 2 heterocycles. The summed E-state index contributed by atoms with van der Waals surface area (Å²) in [7, 11) is 0. The van der Waals surface area contributed by atoms with E-state index in [4.69, 9.17) is 0 Å². The van der Waals surface area contributed by atoms with Gasteiger partial charge in [0.2, 0.25) is 0 Å². The zero-order chi connectivity index (χ0) is 11.1. The molecule has 5 heteroatoms. The Morgan fingerprint density at radius 1 is 1.12 bits per heavy atom. The van der Waals surface area contributed by atoms with Crippen LogP contribution in [-0.2, 0) is 12.8 Å². The molecule has 16 heavy (non-hydrogen) atoms. The van der Waals surface area contributed by atoms with E-state index in [-0.39, 0.29) is 0 Å². The minimum absolute atomic E-state index is 0.463. The molecule has 2 unspecified atom stereocenters. The topological polar surface area (TPSA) is 69.5 Å². The first-order valence-corrected chi connectivity index (χ1v) is 5.69. The van der Waals surface area contributed by atoms with Gasteiger partial charge in [-0.2, -0.15) is 0 Å². The van der Waals surface area contributed by atoms with E-state index in [0.717, 1.165) is 30.8 Å². The van der Waals surface area contributed by atoms with E-state index in [1.807, 2.05) is 4.90 Å². The van der Waals surface area contributed by atoms with Crippen LogP contribution in [0.5, 0.6) is 0 Å². The molecule has 0 aromatic carbocycles. The second-order valence-corrected chi connectivity index (χ2v) is 4.52. The van der Waals surface area contributed by atoms with Crippen LogP contribution in [0.4, 0.5) is 5.82 Å². The molecule has 5 nitrogen and oxygen atoms in total. The fourth-order valence-corrected chi connectivity index (χ4v) is 2.56. The molecule has 0 amide bonds. The van der Waals surface area contributed by atoms with Gasteiger partial charge in [0.25, 0.3) is 0 Å². The summed E-state index contributed by atoms with van der Waals surface area (Å²) in [6.07, 6.45) is 3.41. The Kier molecular flexibility index (Phi) is 2.29. The van der Waals surface area contributed by atoms with Crippen molar-refractivity contribution in [3.05, 3.63) is 17.6 Å². The molecule has 1 saturated heterocycles. The number of aliphatic hydroxyl groups is 2. The quantitative estimate of drug-likeness (QED) is 0.669. The van der Waals surface area contributed by atoms with Gasteiger partial charge in [-0.25, -0.2) is 9.97 Å². The van der Waals surface area contributed by atoms with Crippen molar-refractivity contribution in [1.82, 2.24) is 9.97 Å². The van der Waals surface area contributed by atoms with Crippen LogP contribution in [0.15, 0.2) is 6.33 Å². The number of hydrogen-bond acceptors (Lipinski definition) is 5. The molecule has 1 aromatic heterocycles. The van der Waals surface area contributed by atoms with Gasteiger partial charge in [-0.05, 0) is 19.3 Å². The van der Waals surface area contributed by atoms with Crippen molar-refractivity contribution >= 4 is 5.82 Å². The van der Waals surface area contributed by atoms with Gasteiger partial charge in [0.05, 0.1) is 12.2 Å². The van der Waals surface area contributed by atoms with Gasteiger partial charge in [0.15, 0.2) is 0 Å². The summed E-state index contributed by atoms with van der Waals surface area (Å²) in [5.74, 6) is 0.901. The van der Waals surface area contributed by atoms with Gasteiger partial charge >= 0.3 is 0 Å². The lowest BCUT2D eigenvalue weighted by molar-refractivity contribution is 0.0572. The Morgan fingerprint density at radius 2 is 1.88 bits per heavy atom. The Morgan fingerprint density at radius 3 is 2.62 bits per heavy atom. The third-order valence-corrected chi connectivity index (χ3v) is 3.41. The van der Waals surface area contributed by atoms with Gasteiger partial charge in [-0.1, -0.05) is 0 Å². The van der Waals surface area contributed by atoms with E-state index >= 15 is 0 Å². The zero-order valence-electron chi connectivity index (χ0n) is 9.00. The standard InChI is InChI=1S/C11H15N3O2/c15-9-4-14(5-10(9)16)11-7-2-1-3-8(7)12-6-13-11/h6,9-10,15-16H,1-5H2. The molecule has 1 aliphatic carbocycles. The van der Waals surface area contributed by atoms with Crippen molar-refractivity contribution in [2.75, 3.05) is 18.0 Å². The SMILES string of the molecule is OC1CN(c2ncnc3c2CCC3)CC1O. The third kappa shape index (κ3) is 1.47. The van der Waals surface area contributed by atoms with Crippen LogP contribution >= 0.6 is 0 Å². The Balaban J connectivity index is 1.93. The van der Waals surface area contributed by atoms with Crippen LogP contribution in [0.3, 0.4) is 0 Å². The summed E-state index contributed by atoms with van der Waals surface area (Å²) >= 11 is 0. The highest BCUT2D eigenvalue weighted by atomic mass is 16.3. The summed E-state index contributed by atoms with van der Waals surface area (Å²) < 4.78 is 0. The molecule has 1 fully saturated rings. The van der Waals surface area contributed by atoms with E-state index in [1.165, 1.54) is 5.56 Å². The summed E-state index contributed by atoms with van der Waals surface area (Å²) in [5.41, 5.74) is 2.32. The van der Waals surface area contributed by atoms with Crippen molar-refractivity contribution in [3.63, 3.8) is 0 Å². The van der Waals surface area contributed by atoms with Crippen molar-refractivity contribution in [1.29, 1.82) is 0 Å². The predicted octanol–water partition coefficient (Wildman–Crippen LogP) is -0.493. The Labute approximate surface area is 93.8 Å². The minimum atomic E-state index is -0.660. The van der Waals surface area contributed by atoms with Crippen molar-refractivity contribution < 1.29 is 10.2 Å². The first-order valence-electron chi connectivity index (χ1n) is 5.69. The monoisotopic (exact) mass is 221 g/mol. The summed E-state index contributed by atoms with van der Waals surface area (Å²) in [5, 5.41) is 19.1. The van der Waals surface area contributed by atoms with Crippen LogP contribution in [0.25, 0.3) is 0 Å². The third-order valence-electron chi connectivity index (χ3n) is 3.41. The lowest BCUT2D eigenvalue weighted by Crippen LogP contribution is -2.23. The number of aliphatic hydroxyl groups excluding tert-OH is 2. The van der Waals surface area contributed by atoms with Crippen LogP contribution in [0.2, 0.25) is 0 Å². The molecule has 0 spiro atoms. The van der Waals surface area contributed by atoms with Crippen LogP contribution in [0.1, 0.15) is 17.7 Å². The molecule has 1 aromatic rings. The Bertz CT molecular complexity index is 400. The fourth-order valence-electron chi connectivity index (χ4n) is 2.56. The maximum atomic E-state index is 9.54. The number of fused-ring (bicyclic) bond motifs is 1. The average Bonchev–Trinajstić information content (AvgIpc) is 2.85. The predicted molar refractivity (Wildman–Crippen MR) is 58.3 cm³/mol. The highest BCUT2D eigenvalue weighted by Crippen LogP contribution is 2.29. The van der Waals surface area contributed by atoms with E-state index < -0.39 is 12.2 Å².